The maximum Gasteiger partial charge on any atom is 0.120 e. The molecule has 0 bridgehead atoms. The summed E-state index contributed by atoms with van der Waals surface area (Å²) >= 11 is 0. The van der Waals surface area contributed by atoms with Gasteiger partial charge >= 0.3 is 0 Å². The molecule has 2 rings (SSSR count). The lowest BCUT2D eigenvalue weighted by molar-refractivity contribution is -0.108. The molecule has 0 aromatic carbocycles. The summed E-state index contributed by atoms with van der Waals surface area (Å²) in [4.78, 5) is 10.4. The summed E-state index contributed by atoms with van der Waals surface area (Å²) in [6.07, 6.45) is 14.6. The van der Waals surface area contributed by atoms with E-state index in [1.54, 1.807) is 0 Å². The molecule has 0 unspecified atom stereocenters. The first kappa shape index (κ1) is 13.1. The Morgan fingerprint density at radius 3 is 1.94 bits per heavy atom. The molecule has 1 heteroatoms. The zero-order valence-electron chi connectivity index (χ0n) is 11.4. The number of aldehydes is 1. The highest BCUT2D eigenvalue weighted by atomic mass is 16.1. The van der Waals surface area contributed by atoms with E-state index in [0.29, 0.717) is 0 Å². The van der Waals surface area contributed by atoms with Crippen molar-refractivity contribution in [2.45, 2.75) is 71.1 Å². The average Bonchev–Trinajstić information content (AvgIpc) is 2.38. The monoisotopic (exact) mass is 236 g/mol. The van der Waals surface area contributed by atoms with Crippen molar-refractivity contribution in [2.24, 2.45) is 23.7 Å². The Morgan fingerprint density at radius 1 is 0.882 bits per heavy atom. The van der Waals surface area contributed by atoms with Crippen LogP contribution in [0.3, 0.4) is 0 Å². The fourth-order valence-corrected chi connectivity index (χ4v) is 4.01. The molecule has 2 saturated carbocycles. The number of hydrogen-bond acceptors (Lipinski definition) is 1. The first-order valence-corrected chi connectivity index (χ1v) is 7.73. The van der Waals surface area contributed by atoms with Crippen LogP contribution in [-0.2, 0) is 4.79 Å². The minimum Gasteiger partial charge on any atom is -0.303 e. The molecule has 0 N–H and O–H groups in total. The molecule has 0 aromatic rings. The standard InChI is InChI=1S/C16H28O/c1-13-4-8-15(9-5-13)16-10-6-14(7-11-16)3-2-12-17/h12-16H,2-11H2,1H3. The molecule has 0 atom stereocenters. The normalized spacial score (nSPS) is 38.9. The van der Waals surface area contributed by atoms with Gasteiger partial charge in [-0.25, -0.2) is 0 Å². The Balaban J connectivity index is 1.69. The molecular weight excluding hydrogens is 208 g/mol. The lowest BCUT2D eigenvalue weighted by Gasteiger charge is -2.37. The van der Waals surface area contributed by atoms with Gasteiger partial charge in [-0.2, -0.15) is 0 Å². The first-order valence-electron chi connectivity index (χ1n) is 7.73. The molecule has 0 aliphatic heterocycles. The maximum absolute atomic E-state index is 10.4. The van der Waals surface area contributed by atoms with E-state index in [4.69, 9.17) is 0 Å². The molecule has 17 heavy (non-hydrogen) atoms. The van der Waals surface area contributed by atoms with E-state index in [0.717, 1.165) is 42.8 Å². The molecule has 2 fully saturated rings. The predicted octanol–water partition coefficient (Wildman–Crippen LogP) is 4.60. The van der Waals surface area contributed by atoms with Crippen LogP contribution in [0, 0.1) is 23.7 Å². The lowest BCUT2D eigenvalue weighted by atomic mass is 9.69. The summed E-state index contributed by atoms with van der Waals surface area (Å²) in [5, 5.41) is 0. The van der Waals surface area contributed by atoms with Gasteiger partial charge in [-0.1, -0.05) is 32.6 Å². The van der Waals surface area contributed by atoms with Crippen molar-refractivity contribution in [2.75, 3.05) is 0 Å². The van der Waals surface area contributed by atoms with Gasteiger partial charge in [0.25, 0.3) is 0 Å². The van der Waals surface area contributed by atoms with Crippen molar-refractivity contribution in [1.29, 1.82) is 0 Å². The second kappa shape index (κ2) is 6.56. The van der Waals surface area contributed by atoms with Crippen LogP contribution in [0.1, 0.15) is 71.1 Å². The third kappa shape index (κ3) is 3.82. The second-order valence-corrected chi connectivity index (χ2v) is 6.54. The van der Waals surface area contributed by atoms with Crippen molar-refractivity contribution in [1.82, 2.24) is 0 Å². The van der Waals surface area contributed by atoms with Gasteiger partial charge in [0.15, 0.2) is 0 Å². The van der Waals surface area contributed by atoms with Gasteiger partial charge in [-0.3, -0.25) is 0 Å². The number of carbonyl (C=O) groups is 1. The third-order valence-corrected chi connectivity index (χ3v) is 5.31. The average molecular weight is 236 g/mol. The molecule has 0 spiro atoms. The number of hydrogen-bond donors (Lipinski definition) is 0. The van der Waals surface area contributed by atoms with Gasteiger partial charge in [0.05, 0.1) is 0 Å². The molecule has 0 saturated heterocycles. The van der Waals surface area contributed by atoms with E-state index < -0.39 is 0 Å². The Morgan fingerprint density at radius 2 is 1.41 bits per heavy atom. The van der Waals surface area contributed by atoms with Crippen LogP contribution in [0.15, 0.2) is 0 Å². The zero-order chi connectivity index (χ0) is 12.1. The Bertz CT molecular complexity index is 220. The van der Waals surface area contributed by atoms with Crippen molar-refractivity contribution < 1.29 is 4.79 Å². The Labute approximate surface area is 106 Å². The highest BCUT2D eigenvalue weighted by Crippen LogP contribution is 2.41. The van der Waals surface area contributed by atoms with E-state index in [9.17, 15) is 4.79 Å². The smallest absolute Gasteiger partial charge is 0.120 e. The fraction of sp³-hybridized carbons (Fsp3) is 0.938. The molecule has 0 radical (unpaired) electrons. The second-order valence-electron chi connectivity index (χ2n) is 6.54. The molecular formula is C16H28O. The molecule has 2 aliphatic rings. The van der Waals surface area contributed by atoms with Crippen molar-refractivity contribution in [3.8, 4) is 0 Å². The van der Waals surface area contributed by atoms with Crippen molar-refractivity contribution >= 4 is 6.29 Å². The summed E-state index contributed by atoms with van der Waals surface area (Å²) in [5.41, 5.74) is 0. The highest BCUT2D eigenvalue weighted by molar-refractivity contribution is 5.49. The maximum atomic E-state index is 10.4. The summed E-state index contributed by atoms with van der Waals surface area (Å²) in [6, 6.07) is 0. The minimum absolute atomic E-state index is 0.788. The Hall–Kier alpha value is -0.330. The van der Waals surface area contributed by atoms with Crippen LogP contribution in [0.4, 0.5) is 0 Å². The summed E-state index contributed by atoms with van der Waals surface area (Å²) in [5.74, 6) is 3.90. The van der Waals surface area contributed by atoms with Crippen LogP contribution in [0.2, 0.25) is 0 Å². The Kier molecular flexibility index (Phi) is 5.06. The van der Waals surface area contributed by atoms with E-state index in [-0.39, 0.29) is 0 Å². The topological polar surface area (TPSA) is 17.1 Å². The first-order chi connectivity index (χ1) is 8.29. The number of rotatable bonds is 4. The van der Waals surface area contributed by atoms with Gasteiger partial charge < -0.3 is 4.79 Å². The zero-order valence-corrected chi connectivity index (χ0v) is 11.4. The molecule has 0 aromatic heterocycles. The van der Waals surface area contributed by atoms with Gasteiger partial charge in [0.2, 0.25) is 0 Å². The lowest BCUT2D eigenvalue weighted by Crippen LogP contribution is -2.25. The van der Waals surface area contributed by atoms with E-state index in [2.05, 4.69) is 6.92 Å². The van der Waals surface area contributed by atoms with E-state index in [1.807, 2.05) is 0 Å². The van der Waals surface area contributed by atoms with Gasteiger partial charge in [-0.05, 0) is 55.8 Å². The van der Waals surface area contributed by atoms with Gasteiger partial charge in [0.1, 0.15) is 6.29 Å². The van der Waals surface area contributed by atoms with Crippen LogP contribution < -0.4 is 0 Å². The SMILES string of the molecule is CC1CCC(C2CCC(CCC=O)CC2)CC1. The molecule has 0 amide bonds. The van der Waals surface area contributed by atoms with E-state index in [1.165, 1.54) is 51.4 Å². The number of carbonyl (C=O) groups excluding carboxylic acids is 1. The summed E-state index contributed by atoms with van der Waals surface area (Å²) in [6.45, 7) is 2.41. The van der Waals surface area contributed by atoms with Crippen molar-refractivity contribution in [3.05, 3.63) is 0 Å². The molecule has 1 nitrogen and oxygen atoms in total. The van der Waals surface area contributed by atoms with Crippen LogP contribution in [0.25, 0.3) is 0 Å². The van der Waals surface area contributed by atoms with Crippen LogP contribution >= 0.6 is 0 Å². The molecule has 2 aliphatic carbocycles. The fourth-order valence-electron chi connectivity index (χ4n) is 4.01. The van der Waals surface area contributed by atoms with Crippen molar-refractivity contribution in [3.63, 3.8) is 0 Å². The van der Waals surface area contributed by atoms with Gasteiger partial charge in [-0.15, -0.1) is 0 Å². The predicted molar refractivity (Wildman–Crippen MR) is 71.9 cm³/mol. The largest absolute Gasteiger partial charge is 0.303 e. The quantitative estimate of drug-likeness (QED) is 0.652. The molecule has 98 valence electrons. The summed E-state index contributed by atoms with van der Waals surface area (Å²) in [7, 11) is 0. The molecule has 0 heterocycles. The van der Waals surface area contributed by atoms with Crippen LogP contribution in [0.5, 0.6) is 0 Å². The third-order valence-electron chi connectivity index (χ3n) is 5.31. The highest BCUT2D eigenvalue weighted by Gasteiger charge is 2.29. The minimum atomic E-state index is 0.788. The summed E-state index contributed by atoms with van der Waals surface area (Å²) < 4.78 is 0. The van der Waals surface area contributed by atoms with Gasteiger partial charge in [0, 0.05) is 6.42 Å². The van der Waals surface area contributed by atoms with E-state index >= 15 is 0 Å². The van der Waals surface area contributed by atoms with Crippen LogP contribution in [-0.4, -0.2) is 6.29 Å².